The van der Waals surface area contributed by atoms with Gasteiger partial charge in [-0.25, -0.2) is 0 Å². The number of aliphatic carboxylic acids is 2. The Morgan fingerprint density at radius 2 is 1.50 bits per heavy atom. The molecule has 0 bridgehead atoms. The maximum Gasteiger partial charge on any atom is 0.303 e. The Hall–Kier alpha value is -1.06. The summed E-state index contributed by atoms with van der Waals surface area (Å²) in [6.45, 7) is 3.86. The van der Waals surface area contributed by atoms with Gasteiger partial charge in [0.25, 0.3) is 0 Å². The molecule has 0 aliphatic rings. The second-order valence-electron chi connectivity index (χ2n) is 4.76. The Kier molecular flexibility index (Phi) is 6.77. The lowest BCUT2D eigenvalue weighted by Crippen LogP contribution is -2.24. The summed E-state index contributed by atoms with van der Waals surface area (Å²) in [7, 11) is 0. The number of rotatable bonds is 9. The first-order chi connectivity index (χ1) is 7.39. The van der Waals surface area contributed by atoms with Gasteiger partial charge in [0.05, 0.1) is 12.8 Å². The van der Waals surface area contributed by atoms with E-state index in [9.17, 15) is 9.59 Å². The molecule has 0 radical (unpaired) electrons. The zero-order chi connectivity index (χ0) is 12.6. The molecule has 0 aromatic heterocycles. The zero-order valence-corrected chi connectivity index (χ0v) is 10.2. The minimum absolute atomic E-state index is 0.0641. The first kappa shape index (κ1) is 14.9. The topological polar surface area (TPSA) is 74.6 Å². The van der Waals surface area contributed by atoms with Crippen molar-refractivity contribution in [2.75, 3.05) is 0 Å². The van der Waals surface area contributed by atoms with Crippen LogP contribution in [0.25, 0.3) is 0 Å². The SMILES string of the molecule is CCCCCCC(C)(CC(=O)O)CC(=O)O. The summed E-state index contributed by atoms with van der Waals surface area (Å²) in [5.41, 5.74) is -0.606. The normalized spacial score (nSPS) is 11.4. The molecule has 2 N–H and O–H groups in total. The number of unbranched alkanes of at least 4 members (excludes halogenated alkanes) is 3. The molecule has 0 aromatic carbocycles. The first-order valence-electron chi connectivity index (χ1n) is 5.83. The lowest BCUT2D eigenvalue weighted by atomic mass is 9.78. The van der Waals surface area contributed by atoms with Crippen molar-refractivity contribution in [3.05, 3.63) is 0 Å². The van der Waals surface area contributed by atoms with Crippen molar-refractivity contribution in [2.24, 2.45) is 5.41 Å². The number of carboxylic acid groups (broad SMARTS) is 2. The highest BCUT2D eigenvalue weighted by Gasteiger charge is 2.29. The summed E-state index contributed by atoms with van der Waals surface area (Å²) in [5, 5.41) is 17.5. The third-order valence-corrected chi connectivity index (χ3v) is 2.79. The molecule has 0 saturated carbocycles. The minimum atomic E-state index is -0.917. The standard InChI is InChI=1S/C12H22O4/c1-3-4-5-6-7-12(2,8-10(13)14)9-11(15)16/h3-9H2,1-2H3,(H,13,14)(H,15,16). The summed E-state index contributed by atoms with van der Waals surface area (Å²) < 4.78 is 0. The van der Waals surface area contributed by atoms with Gasteiger partial charge in [-0.05, 0) is 11.8 Å². The highest BCUT2D eigenvalue weighted by molar-refractivity contribution is 5.71. The van der Waals surface area contributed by atoms with Crippen LogP contribution in [0.2, 0.25) is 0 Å². The quantitative estimate of drug-likeness (QED) is 0.597. The van der Waals surface area contributed by atoms with Gasteiger partial charge in [-0.1, -0.05) is 39.5 Å². The van der Waals surface area contributed by atoms with Crippen molar-refractivity contribution in [3.63, 3.8) is 0 Å². The van der Waals surface area contributed by atoms with Crippen molar-refractivity contribution in [3.8, 4) is 0 Å². The lowest BCUT2D eigenvalue weighted by molar-refractivity contribution is -0.143. The van der Waals surface area contributed by atoms with E-state index >= 15 is 0 Å². The molecule has 94 valence electrons. The molecule has 0 unspecified atom stereocenters. The molecule has 0 amide bonds. The average molecular weight is 230 g/mol. The van der Waals surface area contributed by atoms with Crippen LogP contribution in [0.1, 0.15) is 58.8 Å². The third-order valence-electron chi connectivity index (χ3n) is 2.79. The van der Waals surface area contributed by atoms with E-state index in [0.29, 0.717) is 6.42 Å². The smallest absolute Gasteiger partial charge is 0.303 e. The Balaban J connectivity index is 4.18. The molecule has 0 heterocycles. The van der Waals surface area contributed by atoms with Crippen LogP contribution in [-0.2, 0) is 9.59 Å². The summed E-state index contributed by atoms with van der Waals surface area (Å²) >= 11 is 0. The fourth-order valence-electron chi connectivity index (χ4n) is 1.95. The van der Waals surface area contributed by atoms with Crippen molar-refractivity contribution < 1.29 is 19.8 Å². The number of hydrogen-bond donors (Lipinski definition) is 2. The van der Waals surface area contributed by atoms with Crippen LogP contribution >= 0.6 is 0 Å². The van der Waals surface area contributed by atoms with Crippen molar-refractivity contribution >= 4 is 11.9 Å². The van der Waals surface area contributed by atoms with Crippen LogP contribution in [0.15, 0.2) is 0 Å². The van der Waals surface area contributed by atoms with Crippen LogP contribution < -0.4 is 0 Å². The van der Waals surface area contributed by atoms with Gasteiger partial charge in [0.2, 0.25) is 0 Å². The molecule has 0 aromatic rings. The molecule has 0 saturated heterocycles. The Morgan fingerprint density at radius 3 is 1.88 bits per heavy atom. The van der Waals surface area contributed by atoms with E-state index in [0.717, 1.165) is 25.7 Å². The van der Waals surface area contributed by atoms with Crippen LogP contribution in [0.4, 0.5) is 0 Å². The maximum atomic E-state index is 10.7. The van der Waals surface area contributed by atoms with Gasteiger partial charge in [-0.3, -0.25) is 9.59 Å². The number of carbonyl (C=O) groups is 2. The molecule has 0 aliphatic carbocycles. The van der Waals surface area contributed by atoms with Gasteiger partial charge in [-0.15, -0.1) is 0 Å². The number of carboxylic acids is 2. The molecule has 16 heavy (non-hydrogen) atoms. The van der Waals surface area contributed by atoms with Gasteiger partial charge in [0.15, 0.2) is 0 Å². The van der Waals surface area contributed by atoms with Gasteiger partial charge in [0, 0.05) is 0 Å². The van der Waals surface area contributed by atoms with Gasteiger partial charge < -0.3 is 10.2 Å². The lowest BCUT2D eigenvalue weighted by Gasteiger charge is -2.25. The predicted molar refractivity (Wildman–Crippen MR) is 61.4 cm³/mol. The second-order valence-corrected chi connectivity index (χ2v) is 4.76. The summed E-state index contributed by atoms with van der Waals surface area (Å²) in [6.07, 6.45) is 4.74. The largest absolute Gasteiger partial charge is 0.481 e. The molecule has 0 atom stereocenters. The highest BCUT2D eigenvalue weighted by atomic mass is 16.4. The van der Waals surface area contributed by atoms with E-state index in [1.54, 1.807) is 6.92 Å². The Labute approximate surface area is 96.7 Å². The summed E-state index contributed by atoms with van der Waals surface area (Å²) in [6, 6.07) is 0. The van der Waals surface area contributed by atoms with E-state index in [-0.39, 0.29) is 12.8 Å². The molecule has 4 nitrogen and oxygen atoms in total. The fourth-order valence-corrected chi connectivity index (χ4v) is 1.95. The summed E-state index contributed by atoms with van der Waals surface area (Å²) in [5.74, 6) is -1.83. The first-order valence-corrected chi connectivity index (χ1v) is 5.83. The minimum Gasteiger partial charge on any atom is -0.481 e. The summed E-state index contributed by atoms with van der Waals surface area (Å²) in [4.78, 5) is 21.4. The van der Waals surface area contributed by atoms with Gasteiger partial charge in [0.1, 0.15) is 0 Å². The Morgan fingerprint density at radius 1 is 1.00 bits per heavy atom. The van der Waals surface area contributed by atoms with E-state index in [1.807, 2.05) is 0 Å². The van der Waals surface area contributed by atoms with Crippen LogP contribution in [0.3, 0.4) is 0 Å². The van der Waals surface area contributed by atoms with Gasteiger partial charge >= 0.3 is 11.9 Å². The van der Waals surface area contributed by atoms with Crippen molar-refractivity contribution in [1.82, 2.24) is 0 Å². The molecule has 4 heteroatoms. The fraction of sp³-hybridized carbons (Fsp3) is 0.833. The number of hydrogen-bond acceptors (Lipinski definition) is 2. The maximum absolute atomic E-state index is 10.7. The molecule has 0 spiro atoms. The van der Waals surface area contributed by atoms with Crippen LogP contribution in [0, 0.1) is 5.41 Å². The molecule has 0 fully saturated rings. The molecular formula is C12H22O4. The average Bonchev–Trinajstić information content (AvgIpc) is 2.09. The molecular weight excluding hydrogens is 208 g/mol. The van der Waals surface area contributed by atoms with E-state index < -0.39 is 17.4 Å². The Bertz CT molecular complexity index is 219. The molecule has 0 rings (SSSR count). The van der Waals surface area contributed by atoms with Crippen molar-refractivity contribution in [1.29, 1.82) is 0 Å². The molecule has 0 aliphatic heterocycles. The van der Waals surface area contributed by atoms with E-state index in [1.165, 1.54) is 0 Å². The predicted octanol–water partition coefficient (Wildman–Crippen LogP) is 2.91. The van der Waals surface area contributed by atoms with Crippen LogP contribution in [0.5, 0.6) is 0 Å². The zero-order valence-electron chi connectivity index (χ0n) is 10.2. The highest BCUT2D eigenvalue weighted by Crippen LogP contribution is 2.32. The van der Waals surface area contributed by atoms with Crippen molar-refractivity contribution in [2.45, 2.75) is 58.8 Å². The second kappa shape index (κ2) is 7.25. The van der Waals surface area contributed by atoms with E-state index in [2.05, 4.69) is 6.92 Å². The van der Waals surface area contributed by atoms with Gasteiger partial charge in [-0.2, -0.15) is 0 Å². The van der Waals surface area contributed by atoms with Crippen LogP contribution in [-0.4, -0.2) is 22.2 Å². The van der Waals surface area contributed by atoms with E-state index in [4.69, 9.17) is 10.2 Å². The third kappa shape index (κ3) is 7.26. The monoisotopic (exact) mass is 230 g/mol.